The summed E-state index contributed by atoms with van der Waals surface area (Å²) in [5, 5.41) is 0. The number of rotatable bonds is 4. The largest absolute Gasteiger partial charge is 0.491 e. The summed E-state index contributed by atoms with van der Waals surface area (Å²) >= 11 is 0. The van der Waals surface area contributed by atoms with Crippen LogP contribution in [0.1, 0.15) is 18.4 Å². The zero-order chi connectivity index (χ0) is 10.5. The van der Waals surface area contributed by atoms with Crippen LogP contribution in [0.2, 0.25) is 0 Å². The maximum Gasteiger partial charge on any atom is 0.119 e. The fraction of sp³-hybridized carbons (Fsp3) is 0.500. The third kappa shape index (κ3) is 3.67. The molecule has 0 aromatic heterocycles. The van der Waals surface area contributed by atoms with Crippen LogP contribution < -0.4 is 10.5 Å². The second kappa shape index (κ2) is 6.74. The number of ether oxygens (including phenoxy) is 2. The van der Waals surface area contributed by atoms with E-state index in [1.54, 1.807) is 0 Å². The third-order valence-electron chi connectivity index (χ3n) is 2.62. The molecule has 1 aliphatic heterocycles. The lowest BCUT2D eigenvalue weighted by Gasteiger charge is -2.11. The van der Waals surface area contributed by atoms with E-state index in [-0.39, 0.29) is 18.5 Å². The van der Waals surface area contributed by atoms with Gasteiger partial charge in [-0.05, 0) is 30.5 Å². The highest BCUT2D eigenvalue weighted by molar-refractivity contribution is 5.85. The van der Waals surface area contributed by atoms with Crippen LogP contribution in [-0.2, 0) is 11.3 Å². The molecule has 1 aliphatic rings. The Balaban J connectivity index is 0.00000128. The van der Waals surface area contributed by atoms with E-state index in [2.05, 4.69) is 0 Å². The number of benzene rings is 1. The highest BCUT2D eigenvalue weighted by Crippen LogP contribution is 2.16. The number of hydrogen-bond donors (Lipinski definition) is 1. The van der Waals surface area contributed by atoms with Gasteiger partial charge < -0.3 is 15.2 Å². The number of halogens is 1. The fourth-order valence-corrected chi connectivity index (χ4v) is 1.69. The highest BCUT2D eigenvalue weighted by Gasteiger charge is 2.15. The monoisotopic (exact) mass is 243 g/mol. The average Bonchev–Trinajstić information content (AvgIpc) is 2.80. The van der Waals surface area contributed by atoms with Crippen molar-refractivity contribution in [2.24, 2.45) is 5.73 Å². The van der Waals surface area contributed by atoms with Gasteiger partial charge in [0, 0.05) is 13.2 Å². The third-order valence-corrected chi connectivity index (χ3v) is 2.62. The normalized spacial score (nSPS) is 19.2. The zero-order valence-corrected chi connectivity index (χ0v) is 10.0. The van der Waals surface area contributed by atoms with Gasteiger partial charge in [-0.2, -0.15) is 0 Å². The minimum absolute atomic E-state index is 0. The molecule has 90 valence electrons. The van der Waals surface area contributed by atoms with Crippen molar-refractivity contribution in [3.8, 4) is 5.75 Å². The fourth-order valence-electron chi connectivity index (χ4n) is 1.69. The zero-order valence-electron chi connectivity index (χ0n) is 9.22. The van der Waals surface area contributed by atoms with Crippen LogP contribution in [0.15, 0.2) is 24.3 Å². The van der Waals surface area contributed by atoms with E-state index >= 15 is 0 Å². The predicted octanol–water partition coefficient (Wildman–Crippen LogP) is 2.12. The Morgan fingerprint density at radius 1 is 1.31 bits per heavy atom. The highest BCUT2D eigenvalue weighted by atomic mass is 35.5. The molecule has 3 nitrogen and oxygen atoms in total. The molecule has 2 N–H and O–H groups in total. The second-order valence-corrected chi connectivity index (χ2v) is 3.79. The maximum absolute atomic E-state index is 5.62. The molecule has 16 heavy (non-hydrogen) atoms. The molecular formula is C12H18ClNO2. The Morgan fingerprint density at radius 2 is 2.06 bits per heavy atom. The Kier molecular flexibility index (Phi) is 5.60. The molecule has 0 spiro atoms. The van der Waals surface area contributed by atoms with Crippen LogP contribution in [0.4, 0.5) is 0 Å². The molecular weight excluding hydrogens is 226 g/mol. The number of hydrogen-bond acceptors (Lipinski definition) is 3. The lowest BCUT2D eigenvalue weighted by atomic mass is 10.2. The maximum atomic E-state index is 5.62. The average molecular weight is 244 g/mol. The number of nitrogens with two attached hydrogens (primary N) is 1. The Labute approximate surface area is 102 Å². The van der Waals surface area contributed by atoms with Gasteiger partial charge in [0.25, 0.3) is 0 Å². The summed E-state index contributed by atoms with van der Waals surface area (Å²) in [5.74, 6) is 0.891. The molecule has 1 unspecified atom stereocenters. The summed E-state index contributed by atoms with van der Waals surface area (Å²) in [5.41, 5.74) is 6.64. The predicted molar refractivity (Wildman–Crippen MR) is 66.1 cm³/mol. The standard InChI is InChI=1S/C12H17NO2.ClH/c13-8-10-3-5-11(6-4-10)15-9-12-2-1-7-14-12;/h3-6,12H,1-2,7-9,13H2;1H. The van der Waals surface area contributed by atoms with E-state index < -0.39 is 0 Å². The van der Waals surface area contributed by atoms with Gasteiger partial charge in [0.15, 0.2) is 0 Å². The molecule has 1 fully saturated rings. The van der Waals surface area contributed by atoms with Crippen LogP contribution in [0.5, 0.6) is 5.75 Å². The molecule has 1 aromatic rings. The van der Waals surface area contributed by atoms with Gasteiger partial charge in [-0.25, -0.2) is 0 Å². The molecule has 0 radical (unpaired) electrons. The van der Waals surface area contributed by atoms with E-state index in [0.29, 0.717) is 13.2 Å². The van der Waals surface area contributed by atoms with Crippen molar-refractivity contribution in [1.82, 2.24) is 0 Å². The van der Waals surface area contributed by atoms with Gasteiger partial charge in [0.05, 0.1) is 6.10 Å². The minimum Gasteiger partial charge on any atom is -0.491 e. The summed E-state index contributed by atoms with van der Waals surface area (Å²) in [7, 11) is 0. The first-order chi connectivity index (χ1) is 7.38. The molecule has 0 amide bonds. The van der Waals surface area contributed by atoms with Crippen LogP contribution in [0, 0.1) is 0 Å². The Morgan fingerprint density at radius 3 is 2.62 bits per heavy atom. The van der Waals surface area contributed by atoms with Crippen molar-refractivity contribution in [2.75, 3.05) is 13.2 Å². The van der Waals surface area contributed by atoms with E-state index in [0.717, 1.165) is 30.8 Å². The molecule has 1 saturated heterocycles. The van der Waals surface area contributed by atoms with Gasteiger partial charge in [0.1, 0.15) is 12.4 Å². The van der Waals surface area contributed by atoms with E-state index in [1.807, 2.05) is 24.3 Å². The lowest BCUT2D eigenvalue weighted by molar-refractivity contribution is 0.0679. The first-order valence-corrected chi connectivity index (χ1v) is 5.42. The van der Waals surface area contributed by atoms with E-state index in [1.165, 1.54) is 0 Å². The van der Waals surface area contributed by atoms with Crippen LogP contribution in [0.3, 0.4) is 0 Å². The van der Waals surface area contributed by atoms with Crippen molar-refractivity contribution in [1.29, 1.82) is 0 Å². The molecule has 4 heteroatoms. The van der Waals surface area contributed by atoms with E-state index in [4.69, 9.17) is 15.2 Å². The topological polar surface area (TPSA) is 44.5 Å². The van der Waals surface area contributed by atoms with Gasteiger partial charge in [-0.1, -0.05) is 12.1 Å². The smallest absolute Gasteiger partial charge is 0.119 e. The molecule has 0 aliphatic carbocycles. The van der Waals surface area contributed by atoms with Gasteiger partial charge in [-0.15, -0.1) is 12.4 Å². The second-order valence-electron chi connectivity index (χ2n) is 3.79. The lowest BCUT2D eigenvalue weighted by Crippen LogP contribution is -2.16. The van der Waals surface area contributed by atoms with Gasteiger partial charge in [-0.3, -0.25) is 0 Å². The summed E-state index contributed by atoms with van der Waals surface area (Å²) < 4.78 is 11.1. The van der Waals surface area contributed by atoms with Gasteiger partial charge in [0.2, 0.25) is 0 Å². The first-order valence-electron chi connectivity index (χ1n) is 5.42. The molecule has 1 heterocycles. The van der Waals surface area contributed by atoms with Gasteiger partial charge >= 0.3 is 0 Å². The summed E-state index contributed by atoms with van der Waals surface area (Å²) in [4.78, 5) is 0. The SMILES string of the molecule is Cl.NCc1ccc(OCC2CCCO2)cc1. The summed E-state index contributed by atoms with van der Waals surface area (Å²) in [6.07, 6.45) is 2.54. The minimum atomic E-state index is 0. The van der Waals surface area contributed by atoms with Crippen LogP contribution in [0.25, 0.3) is 0 Å². The van der Waals surface area contributed by atoms with Crippen LogP contribution in [-0.4, -0.2) is 19.3 Å². The molecule has 0 bridgehead atoms. The van der Waals surface area contributed by atoms with E-state index in [9.17, 15) is 0 Å². The first kappa shape index (κ1) is 13.3. The summed E-state index contributed by atoms with van der Waals surface area (Å²) in [6, 6.07) is 7.89. The molecule has 2 rings (SSSR count). The quantitative estimate of drug-likeness (QED) is 0.881. The molecule has 0 saturated carbocycles. The Hall–Kier alpha value is -0.770. The van der Waals surface area contributed by atoms with Crippen LogP contribution >= 0.6 is 12.4 Å². The van der Waals surface area contributed by atoms with Crippen molar-refractivity contribution in [3.63, 3.8) is 0 Å². The summed E-state index contributed by atoms with van der Waals surface area (Å²) in [6.45, 7) is 2.11. The van der Waals surface area contributed by atoms with Crippen molar-refractivity contribution in [3.05, 3.63) is 29.8 Å². The Bertz CT molecular complexity index is 296. The van der Waals surface area contributed by atoms with Crippen molar-refractivity contribution < 1.29 is 9.47 Å². The van der Waals surface area contributed by atoms with Crippen molar-refractivity contribution in [2.45, 2.75) is 25.5 Å². The van der Waals surface area contributed by atoms with Crippen molar-refractivity contribution >= 4 is 12.4 Å². The molecule has 1 atom stereocenters. The molecule has 1 aromatic carbocycles.